The molecule has 0 radical (unpaired) electrons. The molecule has 7 heteroatoms. The van der Waals surface area contributed by atoms with Gasteiger partial charge in [0.25, 0.3) is 0 Å². The second-order valence-electron chi connectivity index (χ2n) is 5.32. The summed E-state index contributed by atoms with van der Waals surface area (Å²) in [4.78, 5) is 37.7. The number of hydrogen-bond acceptors (Lipinski definition) is 4. The third-order valence-corrected chi connectivity index (χ3v) is 3.43. The van der Waals surface area contributed by atoms with Gasteiger partial charge in [0.1, 0.15) is 11.4 Å². The van der Waals surface area contributed by atoms with Crippen LogP contribution in [0.25, 0.3) is 0 Å². The van der Waals surface area contributed by atoms with Gasteiger partial charge in [-0.15, -0.1) is 0 Å². The lowest BCUT2D eigenvalue weighted by molar-refractivity contribution is -0.164. The van der Waals surface area contributed by atoms with E-state index in [-0.39, 0.29) is 13.1 Å². The summed E-state index contributed by atoms with van der Waals surface area (Å²) in [6, 6.07) is 5.40. The summed E-state index contributed by atoms with van der Waals surface area (Å²) >= 11 is 0. The molecule has 0 bridgehead atoms. The fourth-order valence-electron chi connectivity index (χ4n) is 2.22. The molecule has 6 nitrogen and oxygen atoms in total. The molecule has 21 heavy (non-hydrogen) atoms. The predicted molar refractivity (Wildman–Crippen MR) is 72.2 cm³/mol. The Morgan fingerprint density at radius 3 is 2.05 bits per heavy atom. The summed E-state index contributed by atoms with van der Waals surface area (Å²) in [5.74, 6) is -2.85. The number of carbonyl (C=O) groups excluding carboxylic acids is 2. The van der Waals surface area contributed by atoms with Crippen molar-refractivity contribution in [2.24, 2.45) is 0 Å². The average molecular weight is 294 g/mol. The topological polar surface area (TPSA) is 77.9 Å². The van der Waals surface area contributed by atoms with E-state index in [0.717, 1.165) is 4.90 Å². The largest absolute Gasteiger partial charge is 0.480 e. The zero-order valence-electron chi connectivity index (χ0n) is 11.7. The van der Waals surface area contributed by atoms with Crippen molar-refractivity contribution >= 4 is 23.5 Å². The maximum absolute atomic E-state index is 12.9. The van der Waals surface area contributed by atoms with E-state index >= 15 is 0 Å². The molecule has 1 saturated heterocycles. The molecule has 112 valence electrons. The third-order valence-electron chi connectivity index (χ3n) is 3.43. The number of piperazine rings is 1. The summed E-state index contributed by atoms with van der Waals surface area (Å²) < 4.78 is 12.9. The molecule has 1 N–H and O–H groups in total. The molecule has 0 aliphatic carbocycles. The second-order valence-corrected chi connectivity index (χ2v) is 5.32. The Bertz CT molecular complexity index is 579. The minimum absolute atomic E-state index is 0.131. The van der Waals surface area contributed by atoms with E-state index in [4.69, 9.17) is 5.11 Å². The number of amides is 2. The Labute approximate surface area is 120 Å². The van der Waals surface area contributed by atoms with Crippen LogP contribution in [-0.4, -0.2) is 46.4 Å². The van der Waals surface area contributed by atoms with Crippen molar-refractivity contribution in [2.45, 2.75) is 19.4 Å². The molecule has 1 aliphatic heterocycles. The normalized spacial score (nSPS) is 16.3. The maximum atomic E-state index is 12.9. The highest BCUT2D eigenvalue weighted by atomic mass is 19.1. The molecule has 1 aromatic rings. The molecule has 1 heterocycles. The van der Waals surface area contributed by atoms with Crippen molar-refractivity contribution in [3.05, 3.63) is 30.1 Å². The van der Waals surface area contributed by atoms with E-state index < -0.39 is 29.1 Å². The first-order chi connectivity index (χ1) is 9.73. The highest BCUT2D eigenvalue weighted by molar-refractivity contribution is 6.06. The minimum atomic E-state index is -1.59. The lowest BCUT2D eigenvalue weighted by Crippen LogP contribution is -2.63. The number of nitrogens with zero attached hydrogens (tertiary/aromatic N) is 2. The Balaban J connectivity index is 2.23. The lowest BCUT2D eigenvalue weighted by Gasteiger charge is -2.40. The minimum Gasteiger partial charge on any atom is -0.480 e. The van der Waals surface area contributed by atoms with Gasteiger partial charge in [0.15, 0.2) is 0 Å². The van der Waals surface area contributed by atoms with Gasteiger partial charge < -0.3 is 10.0 Å². The standard InChI is InChI=1S/C14H15FN2O4/c1-14(2,13(20)21)17-11(18)7-16(8-12(17)19)10-5-3-9(15)4-6-10/h3-6H,7-8H2,1-2H3,(H,20,21). The molecule has 2 rings (SSSR count). The Morgan fingerprint density at radius 2 is 1.62 bits per heavy atom. The number of carboxylic acid groups (broad SMARTS) is 1. The summed E-state index contributed by atoms with van der Waals surface area (Å²) in [6.45, 7) is 2.35. The highest BCUT2D eigenvalue weighted by Crippen LogP contribution is 2.23. The van der Waals surface area contributed by atoms with Gasteiger partial charge in [-0.05, 0) is 38.1 Å². The molecule has 1 fully saturated rings. The van der Waals surface area contributed by atoms with Gasteiger partial charge in [0.2, 0.25) is 11.8 Å². The van der Waals surface area contributed by atoms with E-state index in [9.17, 15) is 18.8 Å². The number of benzene rings is 1. The second kappa shape index (κ2) is 5.16. The number of aliphatic carboxylic acids is 1. The number of imide groups is 1. The molecule has 1 aliphatic rings. The summed E-state index contributed by atoms with van der Waals surface area (Å²) in [5, 5.41) is 9.14. The Hall–Kier alpha value is -2.44. The lowest BCUT2D eigenvalue weighted by atomic mass is 10.0. The van der Waals surface area contributed by atoms with Crippen LogP contribution >= 0.6 is 0 Å². The number of carboxylic acids is 1. The first-order valence-corrected chi connectivity index (χ1v) is 6.33. The molecule has 1 aromatic carbocycles. The van der Waals surface area contributed by atoms with Crippen LogP contribution in [0.4, 0.5) is 10.1 Å². The van der Waals surface area contributed by atoms with Gasteiger partial charge in [-0.1, -0.05) is 0 Å². The van der Waals surface area contributed by atoms with Crippen LogP contribution in [0.15, 0.2) is 24.3 Å². The molecular weight excluding hydrogens is 279 g/mol. The van der Waals surface area contributed by atoms with Crippen molar-refractivity contribution in [3.63, 3.8) is 0 Å². The van der Waals surface area contributed by atoms with Gasteiger partial charge in [0.05, 0.1) is 13.1 Å². The third kappa shape index (κ3) is 2.72. The predicted octanol–water partition coefficient (Wildman–Crippen LogP) is 0.864. The number of rotatable bonds is 3. The molecular formula is C14H15FN2O4. The van der Waals surface area contributed by atoms with Crippen LogP contribution in [0.1, 0.15) is 13.8 Å². The van der Waals surface area contributed by atoms with Crippen LogP contribution in [0, 0.1) is 5.82 Å². The fraction of sp³-hybridized carbons (Fsp3) is 0.357. The fourth-order valence-corrected chi connectivity index (χ4v) is 2.22. The van der Waals surface area contributed by atoms with Crippen molar-refractivity contribution in [2.75, 3.05) is 18.0 Å². The Morgan fingerprint density at radius 1 is 1.14 bits per heavy atom. The van der Waals surface area contributed by atoms with Gasteiger partial charge in [-0.25, -0.2) is 9.18 Å². The van der Waals surface area contributed by atoms with Crippen molar-refractivity contribution < 1.29 is 23.9 Å². The Kier molecular flexibility index (Phi) is 3.67. The van der Waals surface area contributed by atoms with Crippen LogP contribution < -0.4 is 4.90 Å². The number of halogens is 1. The molecule has 0 saturated carbocycles. The number of anilines is 1. The molecule has 0 aromatic heterocycles. The summed E-state index contributed by atoms with van der Waals surface area (Å²) in [7, 11) is 0. The van der Waals surface area contributed by atoms with Crippen molar-refractivity contribution in [3.8, 4) is 0 Å². The van der Waals surface area contributed by atoms with E-state index in [1.54, 1.807) is 0 Å². The monoisotopic (exact) mass is 294 g/mol. The number of hydrogen-bond donors (Lipinski definition) is 1. The zero-order valence-corrected chi connectivity index (χ0v) is 11.7. The van der Waals surface area contributed by atoms with E-state index in [1.807, 2.05) is 0 Å². The van der Waals surface area contributed by atoms with Crippen LogP contribution in [0.5, 0.6) is 0 Å². The van der Waals surface area contributed by atoms with Crippen molar-refractivity contribution in [1.29, 1.82) is 0 Å². The average Bonchev–Trinajstić information content (AvgIpc) is 2.38. The maximum Gasteiger partial charge on any atom is 0.329 e. The quantitative estimate of drug-likeness (QED) is 0.837. The molecule has 0 spiro atoms. The molecule has 2 amide bonds. The van der Waals surface area contributed by atoms with E-state index in [1.165, 1.54) is 43.0 Å². The summed E-state index contributed by atoms with van der Waals surface area (Å²) in [5.41, 5.74) is -1.06. The van der Waals surface area contributed by atoms with Gasteiger partial charge in [-0.2, -0.15) is 0 Å². The number of carbonyl (C=O) groups is 3. The van der Waals surface area contributed by atoms with Crippen LogP contribution in [-0.2, 0) is 14.4 Å². The molecule has 0 atom stereocenters. The van der Waals surface area contributed by atoms with Gasteiger partial charge in [-0.3, -0.25) is 14.5 Å². The zero-order chi connectivity index (χ0) is 15.8. The van der Waals surface area contributed by atoms with Crippen molar-refractivity contribution in [1.82, 2.24) is 4.90 Å². The van der Waals surface area contributed by atoms with E-state index in [2.05, 4.69) is 0 Å². The highest BCUT2D eigenvalue weighted by Gasteiger charge is 2.45. The van der Waals surface area contributed by atoms with Crippen LogP contribution in [0.2, 0.25) is 0 Å². The van der Waals surface area contributed by atoms with Gasteiger partial charge in [0, 0.05) is 5.69 Å². The molecule has 0 unspecified atom stereocenters. The first-order valence-electron chi connectivity index (χ1n) is 6.33. The van der Waals surface area contributed by atoms with Gasteiger partial charge >= 0.3 is 5.97 Å². The first kappa shape index (κ1) is 15.0. The van der Waals surface area contributed by atoms with E-state index in [0.29, 0.717) is 5.69 Å². The smallest absolute Gasteiger partial charge is 0.329 e. The van der Waals surface area contributed by atoms with Crippen LogP contribution in [0.3, 0.4) is 0 Å². The SMILES string of the molecule is CC(C)(C(=O)O)N1C(=O)CN(c2ccc(F)cc2)CC1=O. The summed E-state index contributed by atoms with van der Waals surface area (Å²) in [6.07, 6.45) is 0.